The Morgan fingerprint density at radius 1 is 1.44 bits per heavy atom. The fraction of sp³-hybridized carbons (Fsp3) is 0.417. The molecule has 1 saturated heterocycles. The summed E-state index contributed by atoms with van der Waals surface area (Å²) in [7, 11) is 0. The number of hydrogen-bond acceptors (Lipinski definition) is 3. The lowest BCUT2D eigenvalue weighted by Gasteiger charge is -2.21. The number of carbonyl (C=O) groups excluding carboxylic acids is 1. The molecule has 4 heteroatoms. The molecule has 0 bridgehead atoms. The monoisotopic (exact) mass is 219 g/mol. The van der Waals surface area contributed by atoms with Gasteiger partial charge in [0.2, 0.25) is 5.91 Å². The van der Waals surface area contributed by atoms with Crippen molar-refractivity contribution in [2.45, 2.75) is 13.0 Å². The van der Waals surface area contributed by atoms with Gasteiger partial charge in [-0.05, 0) is 18.1 Å². The summed E-state index contributed by atoms with van der Waals surface area (Å²) in [5.74, 6) is -0.224. The standard InChI is InChI=1S/C12H17N3O/c13-7-9-3-1-2-4-11(9)15-6-5-10(8-15)12(14)16/h1-4,10H,5-8,13H2,(H2,14,16). The second-order valence-electron chi connectivity index (χ2n) is 4.17. The quantitative estimate of drug-likeness (QED) is 0.775. The van der Waals surface area contributed by atoms with Crippen LogP contribution in [0.3, 0.4) is 0 Å². The average molecular weight is 219 g/mol. The van der Waals surface area contributed by atoms with Gasteiger partial charge in [0, 0.05) is 25.3 Å². The van der Waals surface area contributed by atoms with E-state index < -0.39 is 0 Å². The molecule has 0 aliphatic carbocycles. The summed E-state index contributed by atoms with van der Waals surface area (Å²) in [5.41, 5.74) is 13.3. The Morgan fingerprint density at radius 2 is 2.19 bits per heavy atom. The molecule has 0 aromatic heterocycles. The van der Waals surface area contributed by atoms with Crippen molar-refractivity contribution < 1.29 is 4.79 Å². The number of rotatable bonds is 3. The predicted molar refractivity (Wildman–Crippen MR) is 63.8 cm³/mol. The van der Waals surface area contributed by atoms with Gasteiger partial charge in [-0.2, -0.15) is 0 Å². The number of amides is 1. The second kappa shape index (κ2) is 4.53. The van der Waals surface area contributed by atoms with Gasteiger partial charge in [-0.25, -0.2) is 0 Å². The van der Waals surface area contributed by atoms with Crippen LogP contribution in [0, 0.1) is 5.92 Å². The number of benzene rings is 1. The highest BCUT2D eigenvalue weighted by atomic mass is 16.1. The van der Waals surface area contributed by atoms with Crippen LogP contribution in [0.5, 0.6) is 0 Å². The fourth-order valence-electron chi connectivity index (χ4n) is 2.20. The number of nitrogens with two attached hydrogens (primary N) is 2. The molecular formula is C12H17N3O. The van der Waals surface area contributed by atoms with Crippen LogP contribution >= 0.6 is 0 Å². The first kappa shape index (κ1) is 11.0. The third kappa shape index (κ3) is 2.02. The van der Waals surface area contributed by atoms with Gasteiger partial charge in [0.15, 0.2) is 0 Å². The van der Waals surface area contributed by atoms with Gasteiger partial charge in [-0.15, -0.1) is 0 Å². The third-order valence-corrected chi connectivity index (χ3v) is 3.14. The Kier molecular flexibility index (Phi) is 3.10. The number of para-hydroxylation sites is 1. The second-order valence-corrected chi connectivity index (χ2v) is 4.17. The van der Waals surface area contributed by atoms with Crippen LogP contribution in [0.15, 0.2) is 24.3 Å². The van der Waals surface area contributed by atoms with Gasteiger partial charge in [-0.1, -0.05) is 18.2 Å². The minimum absolute atomic E-state index is 0.0224. The van der Waals surface area contributed by atoms with E-state index in [1.165, 1.54) is 0 Å². The van der Waals surface area contributed by atoms with Gasteiger partial charge in [-0.3, -0.25) is 4.79 Å². The zero-order valence-electron chi connectivity index (χ0n) is 9.23. The van der Waals surface area contributed by atoms with Gasteiger partial charge in [0.25, 0.3) is 0 Å². The first-order chi connectivity index (χ1) is 7.72. The Balaban J connectivity index is 2.17. The number of nitrogens with zero attached hydrogens (tertiary/aromatic N) is 1. The number of anilines is 1. The van der Waals surface area contributed by atoms with Crippen molar-refractivity contribution in [2.75, 3.05) is 18.0 Å². The van der Waals surface area contributed by atoms with E-state index in [0.29, 0.717) is 13.1 Å². The Labute approximate surface area is 95.2 Å². The molecule has 1 unspecified atom stereocenters. The van der Waals surface area contributed by atoms with Crippen LogP contribution in [0.2, 0.25) is 0 Å². The molecule has 1 aromatic carbocycles. The van der Waals surface area contributed by atoms with Crippen LogP contribution in [0.25, 0.3) is 0 Å². The van der Waals surface area contributed by atoms with Crippen molar-refractivity contribution in [3.63, 3.8) is 0 Å². The lowest BCUT2D eigenvalue weighted by atomic mass is 10.1. The van der Waals surface area contributed by atoms with E-state index in [1.807, 2.05) is 24.3 Å². The SMILES string of the molecule is NCc1ccccc1N1CCC(C(N)=O)C1. The van der Waals surface area contributed by atoms with E-state index in [4.69, 9.17) is 11.5 Å². The van der Waals surface area contributed by atoms with Crippen molar-refractivity contribution in [1.82, 2.24) is 0 Å². The van der Waals surface area contributed by atoms with Crippen LogP contribution in [-0.2, 0) is 11.3 Å². The normalized spacial score (nSPS) is 20.1. The third-order valence-electron chi connectivity index (χ3n) is 3.14. The molecule has 1 aliphatic rings. The Hall–Kier alpha value is -1.55. The molecular weight excluding hydrogens is 202 g/mol. The number of primary amides is 1. The van der Waals surface area contributed by atoms with E-state index in [-0.39, 0.29) is 11.8 Å². The molecule has 1 atom stereocenters. The molecule has 2 rings (SSSR count). The van der Waals surface area contributed by atoms with E-state index in [1.54, 1.807) is 0 Å². The summed E-state index contributed by atoms with van der Waals surface area (Å²) in [6.45, 7) is 2.12. The highest BCUT2D eigenvalue weighted by molar-refractivity contribution is 5.78. The van der Waals surface area contributed by atoms with E-state index >= 15 is 0 Å². The molecule has 1 amide bonds. The van der Waals surface area contributed by atoms with Crippen LogP contribution in [-0.4, -0.2) is 19.0 Å². The van der Waals surface area contributed by atoms with Crippen LogP contribution < -0.4 is 16.4 Å². The smallest absolute Gasteiger partial charge is 0.222 e. The molecule has 1 aromatic rings. The minimum Gasteiger partial charge on any atom is -0.370 e. The molecule has 1 heterocycles. The lowest BCUT2D eigenvalue weighted by Crippen LogP contribution is -2.27. The molecule has 4 N–H and O–H groups in total. The fourth-order valence-corrected chi connectivity index (χ4v) is 2.20. The molecule has 1 fully saturated rings. The minimum atomic E-state index is -0.201. The van der Waals surface area contributed by atoms with Gasteiger partial charge in [0.05, 0.1) is 5.92 Å². The van der Waals surface area contributed by atoms with E-state index in [2.05, 4.69) is 4.90 Å². The van der Waals surface area contributed by atoms with Crippen molar-refractivity contribution in [3.8, 4) is 0 Å². The lowest BCUT2D eigenvalue weighted by molar-refractivity contribution is -0.121. The predicted octanol–water partition coefficient (Wildman–Crippen LogP) is 0.457. The molecule has 4 nitrogen and oxygen atoms in total. The molecule has 86 valence electrons. The summed E-state index contributed by atoms with van der Waals surface area (Å²) in [6, 6.07) is 8.04. The van der Waals surface area contributed by atoms with E-state index in [9.17, 15) is 4.79 Å². The van der Waals surface area contributed by atoms with Crippen molar-refractivity contribution in [1.29, 1.82) is 0 Å². The maximum atomic E-state index is 11.1. The molecule has 1 aliphatic heterocycles. The van der Waals surface area contributed by atoms with E-state index in [0.717, 1.165) is 24.2 Å². The molecule has 0 spiro atoms. The topological polar surface area (TPSA) is 72.3 Å². The molecule has 0 radical (unpaired) electrons. The maximum Gasteiger partial charge on any atom is 0.222 e. The Bertz CT molecular complexity index is 392. The van der Waals surface area contributed by atoms with Crippen LogP contribution in [0.1, 0.15) is 12.0 Å². The first-order valence-corrected chi connectivity index (χ1v) is 5.54. The average Bonchev–Trinajstić information content (AvgIpc) is 2.78. The maximum absolute atomic E-state index is 11.1. The largest absolute Gasteiger partial charge is 0.370 e. The summed E-state index contributed by atoms with van der Waals surface area (Å²) in [4.78, 5) is 13.3. The Morgan fingerprint density at radius 3 is 2.81 bits per heavy atom. The first-order valence-electron chi connectivity index (χ1n) is 5.54. The zero-order valence-corrected chi connectivity index (χ0v) is 9.23. The molecule has 16 heavy (non-hydrogen) atoms. The van der Waals surface area contributed by atoms with Gasteiger partial charge >= 0.3 is 0 Å². The summed E-state index contributed by atoms with van der Waals surface area (Å²) < 4.78 is 0. The summed E-state index contributed by atoms with van der Waals surface area (Å²) in [5, 5.41) is 0. The highest BCUT2D eigenvalue weighted by Crippen LogP contribution is 2.26. The number of carbonyl (C=O) groups is 1. The van der Waals surface area contributed by atoms with Crippen LogP contribution in [0.4, 0.5) is 5.69 Å². The zero-order chi connectivity index (χ0) is 11.5. The van der Waals surface area contributed by atoms with Crippen molar-refractivity contribution in [3.05, 3.63) is 29.8 Å². The van der Waals surface area contributed by atoms with Crippen molar-refractivity contribution in [2.24, 2.45) is 17.4 Å². The van der Waals surface area contributed by atoms with Crippen molar-refractivity contribution >= 4 is 11.6 Å². The van der Waals surface area contributed by atoms with Gasteiger partial charge in [0.1, 0.15) is 0 Å². The van der Waals surface area contributed by atoms with Gasteiger partial charge < -0.3 is 16.4 Å². The summed E-state index contributed by atoms with van der Waals surface area (Å²) >= 11 is 0. The molecule has 0 saturated carbocycles. The number of hydrogen-bond donors (Lipinski definition) is 2. The summed E-state index contributed by atoms with van der Waals surface area (Å²) in [6.07, 6.45) is 0.842. The highest BCUT2D eigenvalue weighted by Gasteiger charge is 2.27.